The highest BCUT2D eigenvalue weighted by Crippen LogP contribution is 2.27. The number of piperidine rings is 1. The molecule has 0 unspecified atom stereocenters. The molecular formula is C20H24N4O4S2. The van der Waals surface area contributed by atoms with E-state index in [0.29, 0.717) is 52.5 Å². The standard InChI is InChI=1S/C20H24N4O4S2/c1-12(2)16-11-15(18-13(3)22-28-19(18)21-16)20(25)24-8-6-14(7-9-24)23-30(26,27)17-5-4-10-29-17/h4-5,10-12,14,23H,6-9H2,1-3H3. The van der Waals surface area contributed by atoms with Crippen LogP contribution >= 0.6 is 11.3 Å². The SMILES string of the molecule is Cc1noc2nc(C(C)C)cc(C(=O)N3CCC(NS(=O)(=O)c4cccs4)CC3)c12. The average Bonchev–Trinajstić information content (AvgIpc) is 3.38. The van der Waals surface area contributed by atoms with Crippen molar-refractivity contribution in [3.05, 3.63) is 40.5 Å². The number of hydrogen-bond acceptors (Lipinski definition) is 7. The maximum Gasteiger partial charge on any atom is 0.259 e. The van der Waals surface area contributed by atoms with Crippen molar-refractivity contribution in [2.45, 2.75) is 49.8 Å². The van der Waals surface area contributed by atoms with Gasteiger partial charge in [-0.15, -0.1) is 11.3 Å². The molecule has 0 atom stereocenters. The summed E-state index contributed by atoms with van der Waals surface area (Å²) in [5.41, 5.74) is 2.33. The molecule has 0 aromatic carbocycles. The maximum absolute atomic E-state index is 13.3. The van der Waals surface area contributed by atoms with Crippen LogP contribution in [0.4, 0.5) is 0 Å². The maximum atomic E-state index is 13.3. The highest BCUT2D eigenvalue weighted by atomic mass is 32.2. The Morgan fingerprint density at radius 1 is 1.33 bits per heavy atom. The Morgan fingerprint density at radius 2 is 2.07 bits per heavy atom. The molecule has 3 aromatic heterocycles. The lowest BCUT2D eigenvalue weighted by molar-refractivity contribution is 0.0713. The number of sulfonamides is 1. The summed E-state index contributed by atoms with van der Waals surface area (Å²) in [7, 11) is -3.51. The lowest BCUT2D eigenvalue weighted by Crippen LogP contribution is -2.46. The predicted octanol–water partition coefficient (Wildman–Crippen LogP) is 3.30. The lowest BCUT2D eigenvalue weighted by Gasteiger charge is -2.32. The van der Waals surface area contributed by atoms with Crippen molar-refractivity contribution < 1.29 is 17.7 Å². The molecule has 1 saturated heterocycles. The normalized spacial score (nSPS) is 15.9. The van der Waals surface area contributed by atoms with E-state index < -0.39 is 10.0 Å². The van der Waals surface area contributed by atoms with Gasteiger partial charge in [-0.05, 0) is 43.2 Å². The first-order valence-corrected chi connectivity index (χ1v) is 12.2. The number of nitrogens with zero attached hydrogens (tertiary/aromatic N) is 3. The predicted molar refractivity (Wildman–Crippen MR) is 114 cm³/mol. The van der Waals surface area contributed by atoms with E-state index in [0.717, 1.165) is 5.69 Å². The number of aryl methyl sites for hydroxylation is 1. The third kappa shape index (κ3) is 3.99. The van der Waals surface area contributed by atoms with Gasteiger partial charge in [0.05, 0.1) is 16.6 Å². The summed E-state index contributed by atoms with van der Waals surface area (Å²) in [6.07, 6.45) is 1.12. The number of carbonyl (C=O) groups is 1. The van der Waals surface area contributed by atoms with Crippen LogP contribution in [0.3, 0.4) is 0 Å². The molecule has 3 aromatic rings. The van der Waals surface area contributed by atoms with E-state index >= 15 is 0 Å². The van der Waals surface area contributed by atoms with Crippen LogP contribution in [-0.4, -0.2) is 48.5 Å². The molecule has 0 radical (unpaired) electrons. The van der Waals surface area contributed by atoms with E-state index in [1.165, 1.54) is 11.3 Å². The lowest BCUT2D eigenvalue weighted by atomic mass is 10.0. The number of aromatic nitrogens is 2. The molecule has 8 nitrogen and oxygen atoms in total. The van der Waals surface area contributed by atoms with Crippen molar-refractivity contribution in [3.63, 3.8) is 0 Å². The van der Waals surface area contributed by atoms with Crippen molar-refractivity contribution in [2.75, 3.05) is 13.1 Å². The molecule has 1 aliphatic rings. The molecule has 160 valence electrons. The van der Waals surface area contributed by atoms with Crippen molar-refractivity contribution >= 4 is 38.4 Å². The third-order valence-corrected chi connectivity index (χ3v) is 8.24. The van der Waals surface area contributed by atoms with Crippen LogP contribution in [0.25, 0.3) is 11.1 Å². The van der Waals surface area contributed by atoms with Gasteiger partial charge in [-0.25, -0.2) is 18.1 Å². The minimum atomic E-state index is -3.51. The van der Waals surface area contributed by atoms with Crippen LogP contribution in [0.1, 0.15) is 54.4 Å². The summed E-state index contributed by atoms with van der Waals surface area (Å²) in [6, 6.07) is 4.94. The van der Waals surface area contributed by atoms with Gasteiger partial charge in [0.1, 0.15) is 4.21 Å². The molecule has 30 heavy (non-hydrogen) atoms. The molecule has 4 heterocycles. The number of rotatable bonds is 5. The van der Waals surface area contributed by atoms with Gasteiger partial charge >= 0.3 is 0 Å². The van der Waals surface area contributed by atoms with Crippen molar-refractivity contribution in [1.82, 2.24) is 19.8 Å². The minimum Gasteiger partial charge on any atom is -0.339 e. The molecule has 0 bridgehead atoms. The fourth-order valence-electron chi connectivity index (χ4n) is 3.64. The zero-order valence-electron chi connectivity index (χ0n) is 17.1. The molecule has 0 saturated carbocycles. The third-order valence-electron chi connectivity index (χ3n) is 5.32. The minimum absolute atomic E-state index is 0.102. The van der Waals surface area contributed by atoms with Crippen molar-refractivity contribution in [2.24, 2.45) is 0 Å². The van der Waals surface area contributed by atoms with Gasteiger partial charge in [-0.2, -0.15) is 0 Å². The van der Waals surface area contributed by atoms with E-state index in [1.54, 1.807) is 29.3 Å². The number of carbonyl (C=O) groups excluding carboxylic acids is 1. The fraction of sp³-hybridized carbons (Fsp3) is 0.450. The van der Waals surface area contributed by atoms with E-state index in [9.17, 15) is 13.2 Å². The van der Waals surface area contributed by atoms with Gasteiger partial charge in [0.25, 0.3) is 11.6 Å². The summed E-state index contributed by atoms with van der Waals surface area (Å²) < 4.78 is 33.3. The highest BCUT2D eigenvalue weighted by molar-refractivity contribution is 7.91. The fourth-order valence-corrected chi connectivity index (χ4v) is 5.96. The molecule has 10 heteroatoms. The van der Waals surface area contributed by atoms with Gasteiger partial charge in [-0.3, -0.25) is 4.79 Å². The van der Waals surface area contributed by atoms with Gasteiger partial charge < -0.3 is 9.42 Å². The Bertz CT molecular complexity index is 1160. The molecule has 1 fully saturated rings. The second-order valence-electron chi connectivity index (χ2n) is 7.82. The summed E-state index contributed by atoms with van der Waals surface area (Å²) in [4.78, 5) is 19.6. The van der Waals surface area contributed by atoms with E-state index in [-0.39, 0.29) is 17.9 Å². The second-order valence-corrected chi connectivity index (χ2v) is 10.7. The van der Waals surface area contributed by atoms with Gasteiger partial charge in [-0.1, -0.05) is 25.1 Å². The molecule has 0 aliphatic carbocycles. The number of thiophene rings is 1. The topological polar surface area (TPSA) is 105 Å². The number of amides is 1. The number of hydrogen-bond donors (Lipinski definition) is 1. The van der Waals surface area contributed by atoms with Crippen LogP contribution in [0, 0.1) is 6.92 Å². The Morgan fingerprint density at radius 3 is 2.70 bits per heavy atom. The molecule has 1 aliphatic heterocycles. The quantitative estimate of drug-likeness (QED) is 0.642. The summed E-state index contributed by atoms with van der Waals surface area (Å²) >= 11 is 1.19. The van der Waals surface area contributed by atoms with E-state index in [4.69, 9.17) is 4.52 Å². The first-order valence-electron chi connectivity index (χ1n) is 9.88. The van der Waals surface area contributed by atoms with Gasteiger partial charge in [0, 0.05) is 24.8 Å². The number of likely N-dealkylation sites (tertiary alicyclic amines) is 1. The van der Waals surface area contributed by atoms with E-state index in [2.05, 4.69) is 14.9 Å². The largest absolute Gasteiger partial charge is 0.339 e. The van der Waals surface area contributed by atoms with Crippen molar-refractivity contribution in [3.8, 4) is 0 Å². The molecular weight excluding hydrogens is 424 g/mol. The van der Waals surface area contributed by atoms with Crippen LogP contribution in [0.2, 0.25) is 0 Å². The monoisotopic (exact) mass is 448 g/mol. The molecule has 1 amide bonds. The van der Waals surface area contributed by atoms with Gasteiger partial charge in [0.2, 0.25) is 10.0 Å². The van der Waals surface area contributed by atoms with Crippen LogP contribution in [0.15, 0.2) is 32.3 Å². The number of nitrogens with one attached hydrogen (secondary N) is 1. The zero-order valence-corrected chi connectivity index (χ0v) is 18.7. The molecule has 1 N–H and O–H groups in total. The Balaban J connectivity index is 1.50. The van der Waals surface area contributed by atoms with Crippen LogP contribution in [0.5, 0.6) is 0 Å². The zero-order chi connectivity index (χ0) is 21.5. The summed E-state index contributed by atoms with van der Waals surface area (Å²) in [5.74, 6) is 0.0407. The first-order chi connectivity index (χ1) is 14.3. The van der Waals surface area contributed by atoms with Crippen molar-refractivity contribution in [1.29, 1.82) is 0 Å². The Hall–Kier alpha value is -2.30. The van der Waals surface area contributed by atoms with Crippen LogP contribution < -0.4 is 4.72 Å². The summed E-state index contributed by atoms with van der Waals surface area (Å²) in [6.45, 7) is 6.77. The second kappa shape index (κ2) is 8.09. The Kier molecular flexibility index (Phi) is 5.65. The number of fused-ring (bicyclic) bond motifs is 1. The summed E-state index contributed by atoms with van der Waals surface area (Å²) in [5, 5.41) is 6.36. The van der Waals surface area contributed by atoms with E-state index in [1.807, 2.05) is 19.9 Å². The molecule has 4 rings (SSSR count). The Labute approximate surface area is 179 Å². The van der Waals surface area contributed by atoms with Gasteiger partial charge in [0.15, 0.2) is 0 Å². The average molecular weight is 449 g/mol. The smallest absolute Gasteiger partial charge is 0.259 e. The number of pyridine rings is 1. The molecule has 0 spiro atoms. The van der Waals surface area contributed by atoms with Crippen LogP contribution in [-0.2, 0) is 10.0 Å². The highest BCUT2D eigenvalue weighted by Gasteiger charge is 2.29. The first kappa shape index (κ1) is 21.0.